The molecule has 2 atom stereocenters. The summed E-state index contributed by atoms with van der Waals surface area (Å²) in [6.45, 7) is 13.2. The average Bonchev–Trinajstić information content (AvgIpc) is 3.33. The van der Waals surface area contributed by atoms with Gasteiger partial charge in [-0.2, -0.15) is 15.2 Å². The fraction of sp³-hybridized carbons (Fsp3) is 0.562. The number of anilines is 4. The lowest BCUT2D eigenvalue weighted by atomic mass is 10.0. The number of rotatable bonds is 15. The molecule has 13 nitrogen and oxygen atoms in total. The van der Waals surface area contributed by atoms with Crippen LogP contribution >= 0.6 is 0 Å². The van der Waals surface area contributed by atoms with Crippen LogP contribution in [0.25, 0.3) is 0 Å². The third-order valence-electron chi connectivity index (χ3n) is 7.80. The molecular formula is C32H46N10O3. The lowest BCUT2D eigenvalue weighted by molar-refractivity contribution is -0.0132. The summed E-state index contributed by atoms with van der Waals surface area (Å²) in [6.07, 6.45) is 3.35. The Hall–Kier alpha value is -4.12. The van der Waals surface area contributed by atoms with Crippen molar-refractivity contribution in [2.45, 2.75) is 72.4 Å². The van der Waals surface area contributed by atoms with Crippen molar-refractivity contribution in [3.8, 4) is 6.07 Å². The normalized spacial score (nSPS) is 16.6. The van der Waals surface area contributed by atoms with Crippen molar-refractivity contribution < 1.29 is 14.2 Å². The van der Waals surface area contributed by atoms with Crippen molar-refractivity contribution in [1.29, 1.82) is 5.26 Å². The lowest BCUT2D eigenvalue weighted by Gasteiger charge is -2.30. The number of benzene rings is 1. The van der Waals surface area contributed by atoms with Gasteiger partial charge in [0.15, 0.2) is 17.3 Å². The molecule has 3 aromatic rings. The monoisotopic (exact) mass is 618 g/mol. The van der Waals surface area contributed by atoms with Crippen molar-refractivity contribution in [1.82, 2.24) is 19.7 Å². The molecule has 13 heteroatoms. The first-order chi connectivity index (χ1) is 21.8. The summed E-state index contributed by atoms with van der Waals surface area (Å²) in [7, 11) is 3.35. The van der Waals surface area contributed by atoms with Gasteiger partial charge >= 0.3 is 0 Å². The second-order valence-corrected chi connectivity index (χ2v) is 11.4. The lowest BCUT2D eigenvalue weighted by Crippen LogP contribution is -2.30. The number of ether oxygens (including phenoxy) is 3. The zero-order valence-corrected chi connectivity index (χ0v) is 27.5. The van der Waals surface area contributed by atoms with Gasteiger partial charge in [0.1, 0.15) is 11.6 Å². The Balaban J connectivity index is 1.77. The molecule has 4 rings (SSSR count). The summed E-state index contributed by atoms with van der Waals surface area (Å²) >= 11 is 0. The summed E-state index contributed by atoms with van der Waals surface area (Å²) < 4.78 is 18.2. The van der Waals surface area contributed by atoms with Crippen LogP contribution in [0, 0.1) is 39.0 Å². The molecule has 0 saturated carbocycles. The highest BCUT2D eigenvalue weighted by atomic mass is 16.5. The fourth-order valence-electron chi connectivity index (χ4n) is 5.54. The van der Waals surface area contributed by atoms with E-state index in [0.29, 0.717) is 55.1 Å². The molecule has 242 valence electrons. The predicted octanol–water partition coefficient (Wildman–Crippen LogP) is 6.57. The number of azo groups is 1. The molecule has 45 heavy (non-hydrogen) atoms. The van der Waals surface area contributed by atoms with E-state index in [2.05, 4.69) is 65.2 Å². The Morgan fingerprint density at radius 3 is 2.18 bits per heavy atom. The first-order valence-corrected chi connectivity index (χ1v) is 15.5. The van der Waals surface area contributed by atoms with Gasteiger partial charge in [0.05, 0.1) is 17.8 Å². The molecule has 3 heterocycles. The van der Waals surface area contributed by atoms with Gasteiger partial charge in [0, 0.05) is 52.8 Å². The Bertz CT molecular complexity index is 1460. The van der Waals surface area contributed by atoms with Gasteiger partial charge in [-0.3, -0.25) is 4.68 Å². The summed E-state index contributed by atoms with van der Waals surface area (Å²) in [6, 6.07) is 6.54. The van der Waals surface area contributed by atoms with Crippen molar-refractivity contribution in [2.75, 3.05) is 63.1 Å². The number of hydrogen-bond acceptors (Lipinski definition) is 12. The van der Waals surface area contributed by atoms with E-state index >= 15 is 0 Å². The van der Waals surface area contributed by atoms with Crippen LogP contribution in [-0.2, 0) is 14.2 Å². The largest absolute Gasteiger partial charge is 0.385 e. The fourth-order valence-corrected chi connectivity index (χ4v) is 5.54. The Morgan fingerprint density at radius 1 is 1.00 bits per heavy atom. The maximum Gasteiger partial charge on any atom is 0.231 e. The van der Waals surface area contributed by atoms with Crippen LogP contribution in [-0.4, -0.2) is 73.0 Å². The Kier molecular flexibility index (Phi) is 12.2. The number of aromatic nitrogens is 4. The summed E-state index contributed by atoms with van der Waals surface area (Å²) in [4.78, 5) is 9.67. The van der Waals surface area contributed by atoms with E-state index in [4.69, 9.17) is 29.3 Å². The molecule has 3 N–H and O–H groups in total. The smallest absolute Gasteiger partial charge is 0.231 e. The molecule has 1 aromatic carbocycles. The van der Waals surface area contributed by atoms with E-state index in [1.54, 1.807) is 14.2 Å². The minimum Gasteiger partial charge on any atom is -0.385 e. The second kappa shape index (κ2) is 16.3. The van der Waals surface area contributed by atoms with Gasteiger partial charge in [-0.15, -0.1) is 15.3 Å². The minimum atomic E-state index is -0.0197. The van der Waals surface area contributed by atoms with E-state index in [0.717, 1.165) is 54.8 Å². The molecule has 1 fully saturated rings. The summed E-state index contributed by atoms with van der Waals surface area (Å²) in [5.41, 5.74) is 5.86. The highest BCUT2D eigenvalue weighted by molar-refractivity contribution is 5.77. The molecule has 0 bridgehead atoms. The SMILES string of the molecule is COCCCNc1nc(Nc2c(C)cc(C)cc2C)nc(NCCCOC)c1N=Nc1nn(C2CCCOC2C)c(C)c1C#N. The van der Waals surface area contributed by atoms with Crippen LogP contribution in [0.5, 0.6) is 0 Å². The van der Waals surface area contributed by atoms with E-state index in [1.807, 2.05) is 18.5 Å². The standard InChI is InChI=1S/C32H46N10O3/c1-20-17-21(2)27(22(3)18-20)36-32-37-30(34-12-9-14-43-6)28(31(38-32)35-13-10-15-44-7)39-40-29-25(19-33)23(4)42(41-29)26-11-8-16-45-24(26)5/h17-18,24,26H,8-16H2,1-7H3,(H3,34,35,36,37,38). The molecule has 2 aromatic heterocycles. The van der Waals surface area contributed by atoms with Gasteiger partial charge in [-0.05, 0) is 71.4 Å². The molecule has 0 radical (unpaired) electrons. The number of nitriles is 1. The van der Waals surface area contributed by atoms with Gasteiger partial charge < -0.3 is 30.2 Å². The van der Waals surface area contributed by atoms with Crippen LogP contribution in [0.3, 0.4) is 0 Å². The number of methoxy groups -OCH3 is 2. The first-order valence-electron chi connectivity index (χ1n) is 15.5. The van der Waals surface area contributed by atoms with Gasteiger partial charge in [0.25, 0.3) is 0 Å². The quantitative estimate of drug-likeness (QED) is 0.126. The van der Waals surface area contributed by atoms with Crippen molar-refractivity contribution in [3.05, 3.63) is 40.1 Å². The number of nitrogens with zero attached hydrogens (tertiary/aromatic N) is 7. The van der Waals surface area contributed by atoms with Gasteiger partial charge in [-0.1, -0.05) is 17.7 Å². The number of hydrogen-bond donors (Lipinski definition) is 3. The van der Waals surface area contributed by atoms with Crippen LogP contribution in [0.1, 0.15) is 66.6 Å². The van der Waals surface area contributed by atoms with Gasteiger partial charge in [0.2, 0.25) is 11.8 Å². The average molecular weight is 619 g/mol. The van der Waals surface area contributed by atoms with E-state index < -0.39 is 0 Å². The van der Waals surface area contributed by atoms with Crippen LogP contribution in [0.15, 0.2) is 22.4 Å². The topological polar surface area (TPSA) is 156 Å². The first kappa shape index (κ1) is 33.8. The van der Waals surface area contributed by atoms with Gasteiger partial charge in [-0.25, -0.2) is 0 Å². The number of aryl methyl sites for hydroxylation is 3. The molecule has 2 unspecified atom stereocenters. The molecule has 1 saturated heterocycles. The zero-order valence-electron chi connectivity index (χ0n) is 27.5. The molecule has 1 aliphatic heterocycles. The maximum atomic E-state index is 10.0. The predicted molar refractivity (Wildman–Crippen MR) is 175 cm³/mol. The highest BCUT2D eigenvalue weighted by Gasteiger charge is 2.28. The maximum absolute atomic E-state index is 10.0. The van der Waals surface area contributed by atoms with E-state index in [-0.39, 0.29) is 18.0 Å². The molecule has 1 aliphatic rings. The Morgan fingerprint density at radius 2 is 1.62 bits per heavy atom. The summed E-state index contributed by atoms with van der Waals surface area (Å²) in [5, 5.41) is 34.1. The van der Waals surface area contributed by atoms with Crippen LogP contribution in [0.4, 0.5) is 34.8 Å². The third kappa shape index (κ3) is 8.54. The molecule has 0 spiro atoms. The molecule has 0 amide bonds. The van der Waals surface area contributed by atoms with Crippen LogP contribution in [0.2, 0.25) is 0 Å². The van der Waals surface area contributed by atoms with E-state index in [1.165, 1.54) is 5.56 Å². The zero-order chi connectivity index (χ0) is 32.3. The number of nitrogens with one attached hydrogen (secondary N) is 3. The van der Waals surface area contributed by atoms with Crippen molar-refractivity contribution in [2.24, 2.45) is 10.2 Å². The highest BCUT2D eigenvalue weighted by Crippen LogP contribution is 2.37. The van der Waals surface area contributed by atoms with E-state index in [9.17, 15) is 5.26 Å². The Labute approximate surface area is 265 Å². The van der Waals surface area contributed by atoms with Crippen molar-refractivity contribution in [3.63, 3.8) is 0 Å². The third-order valence-corrected chi connectivity index (χ3v) is 7.80. The molecular weight excluding hydrogens is 572 g/mol. The minimum absolute atomic E-state index is 0.0197. The van der Waals surface area contributed by atoms with Crippen molar-refractivity contribution >= 4 is 34.8 Å². The van der Waals surface area contributed by atoms with Crippen LogP contribution < -0.4 is 16.0 Å². The summed E-state index contributed by atoms with van der Waals surface area (Å²) in [5.74, 6) is 1.65. The molecule has 0 aliphatic carbocycles. The second-order valence-electron chi connectivity index (χ2n) is 11.4.